The van der Waals surface area contributed by atoms with E-state index in [1.54, 1.807) is 7.11 Å². The second-order valence-electron chi connectivity index (χ2n) is 5.09. The minimum absolute atomic E-state index is 0.584. The molecule has 1 atom stereocenters. The van der Waals surface area contributed by atoms with Crippen LogP contribution in [0.1, 0.15) is 23.8 Å². The van der Waals surface area contributed by atoms with Crippen LogP contribution in [0.15, 0.2) is 59.0 Å². The molecule has 3 rings (SSSR count). The number of rotatable bonds is 5. The SMILES string of the molecule is COc1ccc(CCC(O)c2cc3ccccc3o2)cc1. The van der Waals surface area contributed by atoms with Gasteiger partial charge in [-0.2, -0.15) is 0 Å². The lowest BCUT2D eigenvalue weighted by Crippen LogP contribution is -1.98. The van der Waals surface area contributed by atoms with Crippen molar-refractivity contribution in [1.29, 1.82) is 0 Å². The third-order valence-corrected chi connectivity index (χ3v) is 3.64. The molecule has 3 heteroatoms. The van der Waals surface area contributed by atoms with Gasteiger partial charge in [-0.3, -0.25) is 0 Å². The van der Waals surface area contributed by atoms with E-state index in [-0.39, 0.29) is 0 Å². The molecule has 0 fully saturated rings. The molecule has 21 heavy (non-hydrogen) atoms. The monoisotopic (exact) mass is 282 g/mol. The third-order valence-electron chi connectivity index (χ3n) is 3.64. The first-order chi connectivity index (χ1) is 10.3. The average molecular weight is 282 g/mol. The quantitative estimate of drug-likeness (QED) is 0.766. The first-order valence-electron chi connectivity index (χ1n) is 7.06. The van der Waals surface area contributed by atoms with Crippen molar-refractivity contribution in [2.45, 2.75) is 18.9 Å². The van der Waals surface area contributed by atoms with Gasteiger partial charge < -0.3 is 14.3 Å². The Morgan fingerprint density at radius 2 is 1.86 bits per heavy atom. The fraction of sp³-hybridized carbons (Fsp3) is 0.222. The van der Waals surface area contributed by atoms with Crippen molar-refractivity contribution in [3.05, 3.63) is 65.9 Å². The Labute approximate surface area is 123 Å². The van der Waals surface area contributed by atoms with Crippen LogP contribution in [0.25, 0.3) is 11.0 Å². The third kappa shape index (κ3) is 3.09. The molecule has 0 aliphatic rings. The van der Waals surface area contributed by atoms with E-state index in [0.717, 1.165) is 23.1 Å². The van der Waals surface area contributed by atoms with Gasteiger partial charge in [0.25, 0.3) is 0 Å². The fourth-order valence-electron chi connectivity index (χ4n) is 2.40. The molecule has 0 saturated heterocycles. The number of aliphatic hydroxyl groups is 1. The highest BCUT2D eigenvalue weighted by molar-refractivity contribution is 5.77. The van der Waals surface area contributed by atoms with Crippen molar-refractivity contribution in [3.63, 3.8) is 0 Å². The Balaban J connectivity index is 1.66. The van der Waals surface area contributed by atoms with Gasteiger partial charge in [-0.25, -0.2) is 0 Å². The van der Waals surface area contributed by atoms with E-state index in [0.29, 0.717) is 12.2 Å². The van der Waals surface area contributed by atoms with Gasteiger partial charge in [-0.15, -0.1) is 0 Å². The number of ether oxygens (including phenoxy) is 1. The van der Waals surface area contributed by atoms with Crippen molar-refractivity contribution in [2.24, 2.45) is 0 Å². The summed E-state index contributed by atoms with van der Waals surface area (Å²) in [5.41, 5.74) is 1.99. The Hall–Kier alpha value is -2.26. The van der Waals surface area contributed by atoms with Crippen LogP contribution in [0.2, 0.25) is 0 Å². The van der Waals surface area contributed by atoms with Gasteiger partial charge in [0.1, 0.15) is 23.2 Å². The molecule has 1 unspecified atom stereocenters. The van der Waals surface area contributed by atoms with E-state index >= 15 is 0 Å². The fourth-order valence-corrected chi connectivity index (χ4v) is 2.40. The Morgan fingerprint density at radius 3 is 2.57 bits per heavy atom. The minimum Gasteiger partial charge on any atom is -0.497 e. The van der Waals surface area contributed by atoms with Gasteiger partial charge in [0.2, 0.25) is 0 Å². The molecule has 0 aliphatic heterocycles. The maximum atomic E-state index is 10.3. The standard InChI is InChI=1S/C18H18O3/c1-20-15-9-6-13(7-10-15)8-11-16(19)18-12-14-4-2-3-5-17(14)21-18/h2-7,9-10,12,16,19H,8,11H2,1H3. The lowest BCUT2D eigenvalue weighted by atomic mass is 10.1. The molecule has 0 amide bonds. The van der Waals surface area contributed by atoms with Gasteiger partial charge in [0, 0.05) is 5.39 Å². The van der Waals surface area contributed by atoms with Crippen LogP contribution in [0, 0.1) is 0 Å². The topological polar surface area (TPSA) is 42.6 Å². The van der Waals surface area contributed by atoms with Crippen LogP contribution in [-0.2, 0) is 6.42 Å². The van der Waals surface area contributed by atoms with Crippen molar-refractivity contribution < 1.29 is 14.3 Å². The number of benzene rings is 2. The zero-order valence-electron chi connectivity index (χ0n) is 12.0. The van der Waals surface area contributed by atoms with Gasteiger partial charge in [0.15, 0.2) is 0 Å². The summed E-state index contributed by atoms with van der Waals surface area (Å²) >= 11 is 0. The highest BCUT2D eigenvalue weighted by atomic mass is 16.5. The summed E-state index contributed by atoms with van der Waals surface area (Å²) < 4.78 is 10.8. The predicted octanol–water partition coefficient (Wildman–Crippen LogP) is 4.11. The zero-order valence-corrected chi connectivity index (χ0v) is 12.0. The number of aliphatic hydroxyl groups excluding tert-OH is 1. The molecule has 2 aromatic carbocycles. The normalized spacial score (nSPS) is 12.5. The molecule has 0 aliphatic carbocycles. The summed E-state index contributed by atoms with van der Waals surface area (Å²) in [6.07, 6.45) is 0.841. The maximum Gasteiger partial charge on any atom is 0.134 e. The van der Waals surface area contributed by atoms with E-state index in [9.17, 15) is 5.11 Å². The summed E-state index contributed by atoms with van der Waals surface area (Å²) in [7, 11) is 1.65. The number of hydrogen-bond acceptors (Lipinski definition) is 3. The largest absolute Gasteiger partial charge is 0.497 e. The molecule has 0 radical (unpaired) electrons. The number of furan rings is 1. The highest BCUT2D eigenvalue weighted by Crippen LogP contribution is 2.26. The lowest BCUT2D eigenvalue weighted by molar-refractivity contribution is 0.143. The summed E-state index contributed by atoms with van der Waals surface area (Å²) in [6.45, 7) is 0. The Kier molecular flexibility index (Phi) is 3.93. The summed E-state index contributed by atoms with van der Waals surface area (Å²) in [6, 6.07) is 17.6. The molecule has 1 heterocycles. The van der Waals surface area contributed by atoms with Gasteiger partial charge >= 0.3 is 0 Å². The van der Waals surface area contributed by atoms with Crippen LogP contribution in [0.4, 0.5) is 0 Å². The van der Waals surface area contributed by atoms with Crippen molar-refractivity contribution in [1.82, 2.24) is 0 Å². The first-order valence-corrected chi connectivity index (χ1v) is 7.06. The van der Waals surface area contributed by atoms with E-state index in [4.69, 9.17) is 9.15 Å². The Morgan fingerprint density at radius 1 is 1.10 bits per heavy atom. The van der Waals surface area contributed by atoms with Crippen LogP contribution in [0.3, 0.4) is 0 Å². The van der Waals surface area contributed by atoms with Crippen molar-refractivity contribution >= 4 is 11.0 Å². The van der Waals surface area contributed by atoms with E-state index in [1.165, 1.54) is 5.56 Å². The van der Waals surface area contributed by atoms with Crippen LogP contribution >= 0.6 is 0 Å². The second-order valence-corrected chi connectivity index (χ2v) is 5.09. The van der Waals surface area contributed by atoms with Crippen molar-refractivity contribution in [3.8, 4) is 5.75 Å². The second kappa shape index (κ2) is 6.02. The molecule has 108 valence electrons. The molecular formula is C18H18O3. The average Bonchev–Trinajstić information content (AvgIpc) is 2.97. The summed E-state index contributed by atoms with van der Waals surface area (Å²) in [5, 5.41) is 11.3. The van der Waals surface area contributed by atoms with Gasteiger partial charge in [-0.05, 0) is 42.7 Å². The van der Waals surface area contributed by atoms with E-state index in [1.807, 2.05) is 54.6 Å². The maximum absolute atomic E-state index is 10.3. The Bertz CT molecular complexity index is 680. The summed E-state index contributed by atoms with van der Waals surface area (Å²) in [4.78, 5) is 0. The predicted molar refractivity (Wildman–Crippen MR) is 82.5 cm³/mol. The highest BCUT2D eigenvalue weighted by Gasteiger charge is 2.13. The molecule has 3 nitrogen and oxygen atoms in total. The van der Waals surface area contributed by atoms with Gasteiger partial charge in [-0.1, -0.05) is 30.3 Å². The van der Waals surface area contributed by atoms with Crippen LogP contribution in [-0.4, -0.2) is 12.2 Å². The summed E-state index contributed by atoms with van der Waals surface area (Å²) in [5.74, 6) is 1.47. The molecule has 3 aromatic rings. The number of methoxy groups -OCH3 is 1. The minimum atomic E-state index is -0.584. The van der Waals surface area contributed by atoms with Crippen molar-refractivity contribution in [2.75, 3.05) is 7.11 Å². The van der Waals surface area contributed by atoms with Crippen LogP contribution in [0.5, 0.6) is 5.75 Å². The molecule has 0 spiro atoms. The van der Waals surface area contributed by atoms with E-state index < -0.39 is 6.10 Å². The molecular weight excluding hydrogens is 264 g/mol. The number of hydrogen-bond donors (Lipinski definition) is 1. The lowest BCUT2D eigenvalue weighted by Gasteiger charge is -2.08. The molecule has 1 aromatic heterocycles. The zero-order chi connectivity index (χ0) is 14.7. The molecule has 1 N–H and O–H groups in total. The smallest absolute Gasteiger partial charge is 0.134 e. The molecule has 0 saturated carbocycles. The number of para-hydroxylation sites is 1. The number of fused-ring (bicyclic) bond motifs is 1. The molecule has 0 bridgehead atoms. The first kappa shape index (κ1) is 13.7. The van der Waals surface area contributed by atoms with Crippen LogP contribution < -0.4 is 4.74 Å². The van der Waals surface area contributed by atoms with Gasteiger partial charge in [0.05, 0.1) is 7.11 Å². The number of aryl methyl sites for hydroxylation is 1. The van der Waals surface area contributed by atoms with E-state index in [2.05, 4.69) is 0 Å².